The van der Waals surface area contributed by atoms with Crippen LogP contribution in [0.2, 0.25) is 0 Å². The fraction of sp³-hybridized carbons (Fsp3) is 0.355. The molecule has 1 saturated carbocycles. The lowest BCUT2D eigenvalue weighted by Gasteiger charge is -2.43. The van der Waals surface area contributed by atoms with Crippen molar-refractivity contribution in [1.82, 2.24) is 10.5 Å². The number of ether oxygens (including phenoxy) is 2. The van der Waals surface area contributed by atoms with Crippen LogP contribution in [0, 0.1) is 5.92 Å². The molecule has 6 nitrogen and oxygen atoms in total. The van der Waals surface area contributed by atoms with E-state index in [0.717, 1.165) is 11.1 Å². The first-order valence-electron chi connectivity index (χ1n) is 13.2. The van der Waals surface area contributed by atoms with Gasteiger partial charge in [0.25, 0.3) is 0 Å². The van der Waals surface area contributed by atoms with Crippen LogP contribution < -0.4 is 10.2 Å². The molecule has 3 atom stereocenters. The number of benzene rings is 2. The van der Waals surface area contributed by atoms with Crippen molar-refractivity contribution >= 4 is 11.7 Å². The van der Waals surface area contributed by atoms with E-state index in [2.05, 4.69) is 15.2 Å². The van der Waals surface area contributed by atoms with Crippen LogP contribution in [0.15, 0.2) is 79.1 Å². The van der Waals surface area contributed by atoms with Crippen LogP contribution in [-0.4, -0.2) is 28.5 Å². The minimum absolute atomic E-state index is 0.190. The largest absolute Gasteiger partial charge is 0.573 e. The van der Waals surface area contributed by atoms with Gasteiger partial charge in [0.05, 0.1) is 11.6 Å². The maximum absolute atomic E-state index is 13.4. The molecular formula is C31H31F3N2O4. The Morgan fingerprint density at radius 2 is 1.75 bits per heavy atom. The topological polar surface area (TPSA) is 69.7 Å². The summed E-state index contributed by atoms with van der Waals surface area (Å²) in [7, 11) is 0. The molecule has 0 amide bonds. The Morgan fingerprint density at radius 3 is 2.42 bits per heavy atom. The standard InChI is InChI=1S/C31H31F3N2O4/c1-29(2,3)39-28(37)23-10-7-15-30(27(23)21-8-5-4-6-9-21)19-25(36-40-30)24-18-22(20-13-16-35-17-14-20)11-12-26(24)38-31(32,33)34/h4-6,8-9,11-14,16-19,23,27,36H,7,10,15H2,1-3H3/t23?,27-,30+/m1/s1. The molecule has 5 rings (SSSR count). The zero-order chi connectivity index (χ0) is 28.5. The highest BCUT2D eigenvalue weighted by atomic mass is 19.4. The van der Waals surface area contributed by atoms with Crippen molar-refractivity contribution in [2.24, 2.45) is 5.92 Å². The molecule has 1 aliphatic carbocycles. The number of hydrogen-bond donors (Lipinski definition) is 1. The summed E-state index contributed by atoms with van der Waals surface area (Å²) < 4.78 is 50.4. The molecule has 0 bridgehead atoms. The summed E-state index contributed by atoms with van der Waals surface area (Å²) in [6.45, 7) is 5.47. The van der Waals surface area contributed by atoms with Gasteiger partial charge in [0.2, 0.25) is 0 Å². The molecule has 1 aliphatic heterocycles. The van der Waals surface area contributed by atoms with Crippen molar-refractivity contribution in [3.63, 3.8) is 0 Å². The van der Waals surface area contributed by atoms with Crippen LogP contribution in [0.3, 0.4) is 0 Å². The zero-order valence-corrected chi connectivity index (χ0v) is 22.5. The van der Waals surface area contributed by atoms with Crippen molar-refractivity contribution in [1.29, 1.82) is 0 Å². The van der Waals surface area contributed by atoms with E-state index in [9.17, 15) is 18.0 Å². The number of carbonyl (C=O) groups excluding carboxylic acids is 1. The molecule has 1 unspecified atom stereocenters. The van der Waals surface area contributed by atoms with Crippen LogP contribution in [0.5, 0.6) is 5.75 Å². The monoisotopic (exact) mass is 552 g/mol. The van der Waals surface area contributed by atoms with Gasteiger partial charge in [0.15, 0.2) is 0 Å². The number of nitrogens with zero attached hydrogens (tertiary/aromatic N) is 1. The minimum Gasteiger partial charge on any atom is -0.460 e. The zero-order valence-electron chi connectivity index (χ0n) is 22.5. The summed E-state index contributed by atoms with van der Waals surface area (Å²) in [6.07, 6.45) is 1.97. The van der Waals surface area contributed by atoms with Crippen LogP contribution in [0.1, 0.15) is 57.1 Å². The van der Waals surface area contributed by atoms with E-state index in [1.165, 1.54) is 6.07 Å². The summed E-state index contributed by atoms with van der Waals surface area (Å²) in [4.78, 5) is 23.7. The Morgan fingerprint density at radius 1 is 1.02 bits per heavy atom. The molecule has 0 saturated heterocycles. The van der Waals surface area contributed by atoms with Gasteiger partial charge < -0.3 is 9.47 Å². The quantitative estimate of drug-likeness (QED) is 0.338. The summed E-state index contributed by atoms with van der Waals surface area (Å²) in [5, 5.41) is 0. The molecule has 1 spiro atoms. The van der Waals surface area contributed by atoms with Crippen LogP contribution in [0.4, 0.5) is 13.2 Å². The second kappa shape index (κ2) is 10.6. The molecule has 1 fully saturated rings. The lowest BCUT2D eigenvalue weighted by molar-refractivity contribution is -0.274. The fourth-order valence-electron chi connectivity index (χ4n) is 5.61. The first-order valence-corrected chi connectivity index (χ1v) is 13.2. The number of hydrogen-bond acceptors (Lipinski definition) is 6. The normalized spacial score (nSPS) is 22.9. The molecule has 2 heterocycles. The molecule has 40 heavy (non-hydrogen) atoms. The van der Waals surface area contributed by atoms with Crippen molar-refractivity contribution in [3.8, 4) is 16.9 Å². The Kier molecular flexibility index (Phi) is 7.35. The predicted molar refractivity (Wildman–Crippen MR) is 144 cm³/mol. The molecule has 1 aromatic heterocycles. The summed E-state index contributed by atoms with van der Waals surface area (Å²) in [5.74, 6) is -1.63. The van der Waals surface area contributed by atoms with E-state index in [1.54, 1.807) is 42.7 Å². The van der Waals surface area contributed by atoms with E-state index in [0.29, 0.717) is 30.5 Å². The van der Waals surface area contributed by atoms with E-state index in [4.69, 9.17) is 9.57 Å². The fourth-order valence-corrected chi connectivity index (χ4v) is 5.61. The van der Waals surface area contributed by atoms with Crippen molar-refractivity contribution in [2.75, 3.05) is 0 Å². The SMILES string of the molecule is CC(C)(C)OC(=O)C1CCC[C@]2(C=C(c3cc(-c4ccncc4)ccc3OC(F)(F)F)NO2)[C@@H]1c1ccccc1. The second-order valence-electron chi connectivity index (χ2n) is 11.1. The Bertz CT molecular complexity index is 1390. The number of esters is 1. The van der Waals surface area contributed by atoms with Gasteiger partial charge >= 0.3 is 12.3 Å². The third kappa shape index (κ3) is 5.99. The highest BCUT2D eigenvalue weighted by Gasteiger charge is 2.52. The first-order chi connectivity index (χ1) is 18.9. The molecule has 2 aliphatic rings. The third-order valence-corrected chi connectivity index (χ3v) is 7.13. The Balaban J connectivity index is 1.60. The molecule has 3 aromatic rings. The molecule has 210 valence electrons. The molecule has 0 radical (unpaired) electrons. The van der Waals surface area contributed by atoms with E-state index < -0.39 is 29.4 Å². The molecular weight excluding hydrogens is 521 g/mol. The predicted octanol–water partition coefficient (Wildman–Crippen LogP) is 7.19. The highest BCUT2D eigenvalue weighted by Crippen LogP contribution is 2.51. The maximum Gasteiger partial charge on any atom is 0.573 e. The van der Waals surface area contributed by atoms with Crippen molar-refractivity contribution in [3.05, 3.63) is 90.3 Å². The van der Waals surface area contributed by atoms with Gasteiger partial charge in [-0.2, -0.15) is 0 Å². The van der Waals surface area contributed by atoms with E-state index >= 15 is 0 Å². The van der Waals surface area contributed by atoms with Gasteiger partial charge in [-0.05, 0) is 87.1 Å². The van der Waals surface area contributed by atoms with E-state index in [1.807, 2.05) is 51.1 Å². The summed E-state index contributed by atoms with van der Waals surface area (Å²) >= 11 is 0. The number of aromatic nitrogens is 1. The number of alkyl halides is 3. The Hall–Kier alpha value is -3.85. The van der Waals surface area contributed by atoms with Crippen molar-refractivity contribution < 1.29 is 32.3 Å². The molecule has 9 heteroatoms. The maximum atomic E-state index is 13.4. The lowest BCUT2D eigenvalue weighted by atomic mass is 9.65. The van der Waals surface area contributed by atoms with Gasteiger partial charge in [0, 0.05) is 23.9 Å². The summed E-state index contributed by atoms with van der Waals surface area (Å²) in [6, 6.07) is 17.6. The van der Waals surface area contributed by atoms with Gasteiger partial charge in [-0.25, -0.2) is 0 Å². The minimum atomic E-state index is -4.89. The van der Waals surface area contributed by atoms with Crippen molar-refractivity contribution in [2.45, 2.75) is 63.5 Å². The number of pyridine rings is 1. The average Bonchev–Trinajstić information content (AvgIpc) is 3.31. The number of carbonyl (C=O) groups is 1. The highest BCUT2D eigenvalue weighted by molar-refractivity contribution is 5.78. The molecule has 2 aromatic carbocycles. The molecule has 1 N–H and O–H groups in total. The smallest absolute Gasteiger partial charge is 0.460 e. The van der Waals surface area contributed by atoms with Gasteiger partial charge in [0.1, 0.15) is 17.0 Å². The first kappa shape index (κ1) is 27.7. The average molecular weight is 553 g/mol. The van der Waals surface area contributed by atoms with E-state index in [-0.39, 0.29) is 17.3 Å². The Labute approximate surface area is 231 Å². The number of halogens is 3. The lowest BCUT2D eigenvalue weighted by Crippen LogP contribution is -2.47. The number of rotatable bonds is 5. The second-order valence-corrected chi connectivity index (χ2v) is 11.1. The summed E-state index contributed by atoms with van der Waals surface area (Å²) in [5.41, 5.74) is 4.10. The number of nitrogens with one attached hydrogen (secondary N) is 1. The third-order valence-electron chi connectivity index (χ3n) is 7.13. The van der Waals surface area contributed by atoms with Crippen LogP contribution in [-0.2, 0) is 14.4 Å². The van der Waals surface area contributed by atoms with Crippen LogP contribution >= 0.6 is 0 Å². The van der Waals surface area contributed by atoms with Gasteiger partial charge in [-0.3, -0.25) is 20.1 Å². The van der Waals surface area contributed by atoms with Gasteiger partial charge in [-0.1, -0.05) is 36.4 Å². The van der Waals surface area contributed by atoms with Gasteiger partial charge in [-0.15, -0.1) is 13.2 Å². The number of hydroxylamine groups is 1. The van der Waals surface area contributed by atoms with Crippen LogP contribution in [0.25, 0.3) is 16.8 Å².